The van der Waals surface area contributed by atoms with Gasteiger partial charge in [-0.1, -0.05) is 52.8 Å². The molecular formula is C32H48N2O5. The van der Waals surface area contributed by atoms with Crippen LogP contribution in [0, 0.1) is 6.92 Å². The number of benzene rings is 2. The molecule has 39 heavy (non-hydrogen) atoms. The summed E-state index contributed by atoms with van der Waals surface area (Å²) in [4.78, 5) is 37.8. The average molecular weight is 541 g/mol. The van der Waals surface area contributed by atoms with Crippen LogP contribution >= 0.6 is 0 Å². The van der Waals surface area contributed by atoms with Gasteiger partial charge in [-0.15, -0.1) is 0 Å². The number of methoxy groups -OCH3 is 1. The zero-order chi connectivity index (χ0) is 29.4. The molecule has 2 aromatic carbocycles. The van der Waals surface area contributed by atoms with E-state index in [1.165, 1.54) is 12.7 Å². The third kappa shape index (κ3) is 10.0. The molecule has 0 spiro atoms. The van der Waals surface area contributed by atoms with E-state index in [1.807, 2.05) is 63.8 Å². The Kier molecular flexibility index (Phi) is 15.6. The van der Waals surface area contributed by atoms with Crippen LogP contribution in [0.3, 0.4) is 0 Å². The van der Waals surface area contributed by atoms with Gasteiger partial charge in [-0.25, -0.2) is 0 Å². The number of nitrogens with zero attached hydrogens (tertiary/aromatic N) is 1. The van der Waals surface area contributed by atoms with Crippen LogP contribution in [-0.2, 0) is 28.8 Å². The van der Waals surface area contributed by atoms with Crippen molar-refractivity contribution in [2.75, 3.05) is 33.9 Å². The van der Waals surface area contributed by atoms with Crippen LogP contribution in [0.15, 0.2) is 30.3 Å². The van der Waals surface area contributed by atoms with Crippen molar-refractivity contribution in [1.29, 1.82) is 0 Å². The first-order valence-electron chi connectivity index (χ1n) is 14.3. The molecule has 0 radical (unpaired) electrons. The molecule has 0 unspecified atom stereocenters. The molecule has 3 rings (SSSR count). The fourth-order valence-electron chi connectivity index (χ4n) is 4.30. The van der Waals surface area contributed by atoms with Gasteiger partial charge < -0.3 is 19.7 Å². The highest BCUT2D eigenvalue weighted by Gasteiger charge is 2.24. The summed E-state index contributed by atoms with van der Waals surface area (Å²) in [6.07, 6.45) is 4.86. The molecular weight excluding hydrogens is 492 g/mol. The van der Waals surface area contributed by atoms with Gasteiger partial charge in [0.1, 0.15) is 5.75 Å². The summed E-state index contributed by atoms with van der Waals surface area (Å²) in [6.45, 7) is 14.3. The number of nitrogens with one attached hydrogen (secondary N) is 1. The molecule has 1 heterocycles. The third-order valence-corrected chi connectivity index (χ3v) is 6.49. The second-order valence-corrected chi connectivity index (χ2v) is 9.15. The molecule has 0 saturated carbocycles. The summed E-state index contributed by atoms with van der Waals surface area (Å²) in [6, 6.07) is 9.67. The van der Waals surface area contributed by atoms with E-state index < -0.39 is 0 Å². The van der Waals surface area contributed by atoms with E-state index in [1.54, 1.807) is 7.05 Å². The zero-order valence-corrected chi connectivity index (χ0v) is 25.2. The van der Waals surface area contributed by atoms with Gasteiger partial charge in [0.15, 0.2) is 0 Å². The van der Waals surface area contributed by atoms with E-state index in [4.69, 9.17) is 9.47 Å². The molecule has 7 heteroatoms. The largest absolute Gasteiger partial charge is 0.493 e. The number of hydrogen-bond donors (Lipinski definition) is 1. The first-order valence-corrected chi connectivity index (χ1v) is 14.3. The van der Waals surface area contributed by atoms with E-state index >= 15 is 0 Å². The molecule has 1 fully saturated rings. The quantitative estimate of drug-likeness (QED) is 0.398. The lowest BCUT2D eigenvalue weighted by molar-refractivity contribution is -0.139. The monoisotopic (exact) mass is 540 g/mol. The molecule has 0 bridgehead atoms. The summed E-state index contributed by atoms with van der Waals surface area (Å²) < 4.78 is 10.6. The first-order chi connectivity index (χ1) is 18.8. The second-order valence-electron chi connectivity index (χ2n) is 9.15. The lowest BCUT2D eigenvalue weighted by atomic mass is 9.98. The number of carbonyl (C=O) groups excluding carboxylic acids is 3. The van der Waals surface area contributed by atoms with E-state index in [0.29, 0.717) is 12.2 Å². The number of hydrogen-bond acceptors (Lipinski definition) is 5. The van der Waals surface area contributed by atoms with E-state index in [2.05, 4.69) is 18.3 Å². The Hall–Kier alpha value is -3.35. The Morgan fingerprint density at radius 1 is 0.923 bits per heavy atom. The SMILES string of the molecule is CC.CCCOc1cc(C(=O)N2CCCC2)c(CC(=O)OC)cc1CC.CCc1ccc(C(=O)NC)c(C)c1. The van der Waals surface area contributed by atoms with Crippen molar-refractivity contribution < 1.29 is 23.9 Å². The first kappa shape index (κ1) is 33.7. The highest BCUT2D eigenvalue weighted by Crippen LogP contribution is 2.27. The van der Waals surface area contributed by atoms with Crippen LogP contribution in [-0.4, -0.2) is 56.5 Å². The molecule has 0 atom stereocenters. The topological polar surface area (TPSA) is 84.9 Å². The number of esters is 1. The minimum atomic E-state index is -0.338. The van der Waals surface area contributed by atoms with Gasteiger partial charge in [-0.3, -0.25) is 14.4 Å². The van der Waals surface area contributed by atoms with E-state index in [9.17, 15) is 14.4 Å². The Balaban J connectivity index is 0.000000428. The molecule has 0 aliphatic carbocycles. The predicted molar refractivity (Wildman–Crippen MR) is 158 cm³/mol. The average Bonchev–Trinajstić information content (AvgIpc) is 3.52. The van der Waals surface area contributed by atoms with Gasteiger partial charge >= 0.3 is 5.97 Å². The van der Waals surface area contributed by atoms with Crippen LogP contribution in [0.25, 0.3) is 0 Å². The molecule has 1 N–H and O–H groups in total. The lowest BCUT2D eigenvalue weighted by Crippen LogP contribution is -2.29. The number of likely N-dealkylation sites (tertiary alicyclic amines) is 1. The number of ether oxygens (including phenoxy) is 2. The lowest BCUT2D eigenvalue weighted by Gasteiger charge is -2.20. The fraction of sp³-hybridized carbons (Fsp3) is 0.531. The van der Waals surface area contributed by atoms with Crippen LogP contribution in [0.4, 0.5) is 0 Å². The van der Waals surface area contributed by atoms with Gasteiger partial charge in [0.25, 0.3) is 11.8 Å². The Bertz CT molecular complexity index is 1070. The Morgan fingerprint density at radius 3 is 2.10 bits per heavy atom. The summed E-state index contributed by atoms with van der Waals surface area (Å²) in [5.74, 6) is 0.376. The van der Waals surface area contributed by atoms with Crippen molar-refractivity contribution in [2.24, 2.45) is 0 Å². The summed E-state index contributed by atoms with van der Waals surface area (Å²) >= 11 is 0. The number of rotatable bonds is 9. The highest BCUT2D eigenvalue weighted by atomic mass is 16.5. The number of aryl methyl sites for hydroxylation is 3. The minimum Gasteiger partial charge on any atom is -0.493 e. The summed E-state index contributed by atoms with van der Waals surface area (Å²) in [7, 11) is 3.01. The van der Waals surface area contributed by atoms with Crippen LogP contribution in [0.1, 0.15) is 96.9 Å². The maximum Gasteiger partial charge on any atom is 0.310 e. The van der Waals surface area contributed by atoms with Gasteiger partial charge in [-0.2, -0.15) is 0 Å². The standard InChI is InChI=1S/C19H27NO4.C11H15NO.C2H6/c1-4-10-24-17-13-16(19(22)20-8-6-7-9-20)15(11-14(17)5-2)12-18(21)23-3;1-4-9-5-6-10(8(2)7-9)11(13)12-3;1-2/h11,13H,4-10,12H2,1-3H3;5-7H,4H2,1-3H3,(H,12,13);1-2H3. The molecule has 2 aromatic rings. The highest BCUT2D eigenvalue weighted by molar-refractivity contribution is 5.97. The van der Waals surface area contributed by atoms with Gasteiger partial charge in [0, 0.05) is 31.3 Å². The Labute approximate surface area is 235 Å². The van der Waals surface area contributed by atoms with Crippen molar-refractivity contribution in [3.8, 4) is 5.75 Å². The zero-order valence-electron chi connectivity index (χ0n) is 25.2. The fourth-order valence-corrected chi connectivity index (χ4v) is 4.30. The predicted octanol–water partition coefficient (Wildman–Crippen LogP) is 5.93. The second kappa shape index (κ2) is 18.0. The molecule has 216 valence electrons. The van der Waals surface area contributed by atoms with Crippen molar-refractivity contribution >= 4 is 17.8 Å². The molecule has 1 saturated heterocycles. The minimum absolute atomic E-state index is 0.0137. The molecule has 7 nitrogen and oxygen atoms in total. The van der Waals surface area contributed by atoms with Crippen molar-refractivity contribution in [3.05, 3.63) is 63.7 Å². The molecule has 1 aliphatic heterocycles. The van der Waals surface area contributed by atoms with Gasteiger partial charge in [0.2, 0.25) is 0 Å². The van der Waals surface area contributed by atoms with Crippen molar-refractivity contribution in [1.82, 2.24) is 10.2 Å². The van der Waals surface area contributed by atoms with Crippen LogP contribution in [0.5, 0.6) is 5.75 Å². The third-order valence-electron chi connectivity index (χ3n) is 6.49. The maximum atomic E-state index is 12.9. The van der Waals surface area contributed by atoms with Gasteiger partial charge in [-0.05, 0) is 73.4 Å². The van der Waals surface area contributed by atoms with E-state index in [-0.39, 0.29) is 24.2 Å². The number of amides is 2. The summed E-state index contributed by atoms with van der Waals surface area (Å²) in [5.41, 5.74) is 5.37. The number of carbonyl (C=O) groups is 3. The maximum absolute atomic E-state index is 12.9. The molecule has 0 aromatic heterocycles. The van der Waals surface area contributed by atoms with Crippen molar-refractivity contribution in [2.45, 2.75) is 80.1 Å². The molecule has 1 aliphatic rings. The summed E-state index contributed by atoms with van der Waals surface area (Å²) in [5, 5.41) is 2.62. The smallest absolute Gasteiger partial charge is 0.310 e. The van der Waals surface area contributed by atoms with Crippen molar-refractivity contribution in [3.63, 3.8) is 0 Å². The van der Waals surface area contributed by atoms with E-state index in [0.717, 1.165) is 73.2 Å². The Morgan fingerprint density at radius 2 is 1.59 bits per heavy atom. The van der Waals surface area contributed by atoms with Gasteiger partial charge in [0.05, 0.1) is 20.1 Å². The van der Waals surface area contributed by atoms with Crippen LogP contribution < -0.4 is 10.1 Å². The molecule has 2 amide bonds. The van der Waals surface area contributed by atoms with Crippen LogP contribution in [0.2, 0.25) is 0 Å². The normalized spacial score (nSPS) is 11.9.